The van der Waals surface area contributed by atoms with Crippen LogP contribution in [0.5, 0.6) is 0 Å². The number of piperidine rings is 1. The Bertz CT molecular complexity index is 134. The lowest BCUT2D eigenvalue weighted by molar-refractivity contribution is 0.0224. The van der Waals surface area contributed by atoms with Crippen LogP contribution in [0.25, 0.3) is 0 Å². The van der Waals surface area contributed by atoms with Crippen molar-refractivity contribution in [3.05, 3.63) is 0 Å². The SMILES string of the molecule is CCN1CCC(C)(F)C(C)C1. The van der Waals surface area contributed by atoms with E-state index in [9.17, 15) is 4.39 Å². The second-order valence-corrected chi connectivity index (χ2v) is 3.82. The van der Waals surface area contributed by atoms with E-state index in [2.05, 4.69) is 11.8 Å². The molecule has 0 saturated carbocycles. The molecular weight excluding hydrogens is 141 g/mol. The number of likely N-dealkylation sites (tertiary alicyclic amines) is 1. The van der Waals surface area contributed by atoms with Gasteiger partial charge in [-0.25, -0.2) is 4.39 Å². The summed E-state index contributed by atoms with van der Waals surface area (Å²) in [5.41, 5.74) is -0.925. The van der Waals surface area contributed by atoms with Gasteiger partial charge in [-0.15, -0.1) is 0 Å². The topological polar surface area (TPSA) is 3.24 Å². The first-order valence-electron chi connectivity index (χ1n) is 4.47. The third kappa shape index (κ3) is 1.92. The molecule has 0 amide bonds. The molecule has 1 rings (SSSR count). The molecule has 0 bridgehead atoms. The fourth-order valence-corrected chi connectivity index (χ4v) is 1.58. The lowest BCUT2D eigenvalue weighted by Gasteiger charge is -2.38. The van der Waals surface area contributed by atoms with E-state index in [1.807, 2.05) is 6.92 Å². The third-order valence-electron chi connectivity index (χ3n) is 2.92. The summed E-state index contributed by atoms with van der Waals surface area (Å²) in [5, 5.41) is 0. The predicted octanol–water partition coefficient (Wildman–Crippen LogP) is 2.08. The molecule has 0 aromatic carbocycles. The number of nitrogens with zero attached hydrogens (tertiary/aromatic N) is 1. The Hall–Kier alpha value is -0.110. The number of rotatable bonds is 1. The molecule has 1 heterocycles. The Morgan fingerprint density at radius 2 is 2.27 bits per heavy atom. The Balaban J connectivity index is 2.48. The van der Waals surface area contributed by atoms with Crippen LogP contribution < -0.4 is 0 Å². The lowest BCUT2D eigenvalue weighted by Crippen LogP contribution is -2.46. The van der Waals surface area contributed by atoms with Crippen LogP contribution in [0.2, 0.25) is 0 Å². The van der Waals surface area contributed by atoms with Crippen molar-refractivity contribution in [2.45, 2.75) is 32.9 Å². The van der Waals surface area contributed by atoms with Gasteiger partial charge < -0.3 is 4.90 Å². The minimum absolute atomic E-state index is 0.191. The lowest BCUT2D eigenvalue weighted by atomic mass is 9.85. The minimum atomic E-state index is -0.925. The normalized spacial score (nSPS) is 40.9. The number of hydrogen-bond acceptors (Lipinski definition) is 1. The van der Waals surface area contributed by atoms with E-state index >= 15 is 0 Å². The molecule has 1 aliphatic rings. The van der Waals surface area contributed by atoms with E-state index in [1.54, 1.807) is 6.92 Å². The Morgan fingerprint density at radius 3 is 2.73 bits per heavy atom. The quantitative estimate of drug-likeness (QED) is 0.566. The highest BCUT2D eigenvalue weighted by atomic mass is 19.1. The number of halogens is 1. The largest absolute Gasteiger partial charge is 0.303 e. The molecule has 0 spiro atoms. The molecule has 2 unspecified atom stereocenters. The van der Waals surface area contributed by atoms with Crippen LogP contribution >= 0.6 is 0 Å². The van der Waals surface area contributed by atoms with Crippen LogP contribution in [0, 0.1) is 5.92 Å². The number of alkyl halides is 1. The van der Waals surface area contributed by atoms with Crippen LogP contribution in [0.4, 0.5) is 4.39 Å². The summed E-state index contributed by atoms with van der Waals surface area (Å²) in [6.07, 6.45) is 0.696. The first kappa shape index (κ1) is 8.98. The molecule has 66 valence electrons. The second-order valence-electron chi connectivity index (χ2n) is 3.82. The molecular formula is C9H18FN. The Kier molecular flexibility index (Phi) is 2.53. The summed E-state index contributed by atoms with van der Waals surface area (Å²) in [6, 6.07) is 0. The average Bonchev–Trinajstić information content (AvgIpc) is 1.95. The van der Waals surface area contributed by atoms with E-state index in [-0.39, 0.29) is 5.92 Å². The molecule has 11 heavy (non-hydrogen) atoms. The van der Waals surface area contributed by atoms with Crippen LogP contribution in [0.15, 0.2) is 0 Å². The van der Waals surface area contributed by atoms with Gasteiger partial charge in [0.25, 0.3) is 0 Å². The summed E-state index contributed by atoms with van der Waals surface area (Å²) in [6.45, 7) is 8.76. The molecule has 0 aromatic rings. The van der Waals surface area contributed by atoms with E-state index < -0.39 is 5.67 Å². The van der Waals surface area contributed by atoms with Crippen molar-refractivity contribution in [2.75, 3.05) is 19.6 Å². The summed E-state index contributed by atoms with van der Waals surface area (Å²) in [5.74, 6) is 0.191. The highest BCUT2D eigenvalue weighted by Gasteiger charge is 2.35. The maximum absolute atomic E-state index is 13.5. The maximum Gasteiger partial charge on any atom is 0.113 e. The zero-order valence-corrected chi connectivity index (χ0v) is 7.73. The van der Waals surface area contributed by atoms with Crippen LogP contribution in [-0.2, 0) is 0 Å². The van der Waals surface area contributed by atoms with Crippen molar-refractivity contribution in [1.82, 2.24) is 4.90 Å². The zero-order chi connectivity index (χ0) is 8.48. The predicted molar refractivity (Wildman–Crippen MR) is 45.4 cm³/mol. The summed E-state index contributed by atoms with van der Waals surface area (Å²) in [4.78, 5) is 2.31. The van der Waals surface area contributed by atoms with E-state index in [4.69, 9.17) is 0 Å². The molecule has 0 N–H and O–H groups in total. The first-order chi connectivity index (χ1) is 5.06. The van der Waals surface area contributed by atoms with Gasteiger partial charge in [-0.05, 0) is 19.9 Å². The summed E-state index contributed by atoms with van der Waals surface area (Å²) in [7, 11) is 0. The fourth-order valence-electron chi connectivity index (χ4n) is 1.58. The summed E-state index contributed by atoms with van der Waals surface area (Å²) < 4.78 is 13.5. The van der Waals surface area contributed by atoms with Gasteiger partial charge in [-0.2, -0.15) is 0 Å². The minimum Gasteiger partial charge on any atom is -0.303 e. The average molecular weight is 159 g/mol. The van der Waals surface area contributed by atoms with E-state index in [0.29, 0.717) is 6.42 Å². The van der Waals surface area contributed by atoms with E-state index in [1.165, 1.54) is 0 Å². The van der Waals surface area contributed by atoms with Gasteiger partial charge in [-0.1, -0.05) is 13.8 Å². The van der Waals surface area contributed by atoms with Gasteiger partial charge in [0.05, 0.1) is 0 Å². The molecule has 0 aliphatic carbocycles. The van der Waals surface area contributed by atoms with Crippen LogP contribution in [-0.4, -0.2) is 30.2 Å². The van der Waals surface area contributed by atoms with Gasteiger partial charge in [-0.3, -0.25) is 0 Å². The summed E-state index contributed by atoms with van der Waals surface area (Å²) >= 11 is 0. The first-order valence-corrected chi connectivity index (χ1v) is 4.47. The van der Waals surface area contributed by atoms with Crippen LogP contribution in [0.3, 0.4) is 0 Å². The molecule has 1 saturated heterocycles. The van der Waals surface area contributed by atoms with Crippen molar-refractivity contribution in [1.29, 1.82) is 0 Å². The molecule has 0 radical (unpaired) electrons. The van der Waals surface area contributed by atoms with Gasteiger partial charge in [0.1, 0.15) is 5.67 Å². The van der Waals surface area contributed by atoms with Gasteiger partial charge >= 0.3 is 0 Å². The Morgan fingerprint density at radius 1 is 1.64 bits per heavy atom. The highest BCUT2D eigenvalue weighted by molar-refractivity contribution is 4.87. The van der Waals surface area contributed by atoms with Crippen LogP contribution in [0.1, 0.15) is 27.2 Å². The van der Waals surface area contributed by atoms with Crippen molar-refractivity contribution < 1.29 is 4.39 Å². The molecule has 0 aromatic heterocycles. The third-order valence-corrected chi connectivity index (χ3v) is 2.92. The van der Waals surface area contributed by atoms with Gasteiger partial charge in [0.15, 0.2) is 0 Å². The van der Waals surface area contributed by atoms with Crippen molar-refractivity contribution >= 4 is 0 Å². The van der Waals surface area contributed by atoms with Gasteiger partial charge in [0, 0.05) is 19.0 Å². The monoisotopic (exact) mass is 159 g/mol. The Labute approximate surface area is 68.6 Å². The standard InChI is InChI=1S/C9H18FN/c1-4-11-6-5-9(3,10)8(2)7-11/h8H,4-7H2,1-3H3. The maximum atomic E-state index is 13.5. The zero-order valence-electron chi connectivity index (χ0n) is 7.73. The smallest absolute Gasteiger partial charge is 0.113 e. The fraction of sp³-hybridized carbons (Fsp3) is 1.00. The second kappa shape index (κ2) is 3.10. The number of hydrogen-bond donors (Lipinski definition) is 0. The molecule has 2 heteroatoms. The molecule has 1 fully saturated rings. The van der Waals surface area contributed by atoms with E-state index in [0.717, 1.165) is 19.6 Å². The van der Waals surface area contributed by atoms with Gasteiger partial charge in [0.2, 0.25) is 0 Å². The highest BCUT2D eigenvalue weighted by Crippen LogP contribution is 2.30. The van der Waals surface area contributed by atoms with Crippen molar-refractivity contribution in [3.8, 4) is 0 Å². The van der Waals surface area contributed by atoms with Crippen molar-refractivity contribution in [2.24, 2.45) is 5.92 Å². The molecule has 1 nitrogen and oxygen atoms in total. The molecule has 1 aliphatic heterocycles. The molecule has 2 atom stereocenters. The van der Waals surface area contributed by atoms with Crippen molar-refractivity contribution in [3.63, 3.8) is 0 Å².